The van der Waals surface area contributed by atoms with Gasteiger partial charge < -0.3 is 10.6 Å². The topological polar surface area (TPSA) is 79.0 Å². The SMILES string of the molecule is CC1CCN(C(N)=NCc2ccc(S(=O)(=O)N3CCCCC3)s2)CC1. The van der Waals surface area contributed by atoms with Gasteiger partial charge in [-0.3, -0.25) is 0 Å². The molecule has 2 N–H and O–H groups in total. The Balaban J connectivity index is 1.62. The van der Waals surface area contributed by atoms with Crippen LogP contribution in [0.2, 0.25) is 0 Å². The molecular formula is C17H28N4O2S2. The fraction of sp³-hybridized carbons (Fsp3) is 0.706. The highest BCUT2D eigenvalue weighted by Crippen LogP contribution is 2.27. The van der Waals surface area contributed by atoms with Crippen molar-refractivity contribution in [2.45, 2.75) is 49.8 Å². The molecule has 1 aromatic heterocycles. The van der Waals surface area contributed by atoms with Crippen LogP contribution >= 0.6 is 11.3 Å². The second-order valence-corrected chi connectivity index (χ2v) is 10.4. The molecule has 0 aliphatic carbocycles. The van der Waals surface area contributed by atoms with Gasteiger partial charge in [-0.2, -0.15) is 4.31 Å². The van der Waals surface area contributed by atoms with Crippen LogP contribution in [0.5, 0.6) is 0 Å². The molecule has 0 spiro atoms. The zero-order valence-corrected chi connectivity index (χ0v) is 16.5. The maximum atomic E-state index is 12.7. The summed E-state index contributed by atoms with van der Waals surface area (Å²) in [4.78, 5) is 7.53. The Kier molecular flexibility index (Phi) is 6.01. The number of thiophene rings is 1. The first-order valence-corrected chi connectivity index (χ1v) is 11.4. The van der Waals surface area contributed by atoms with Crippen LogP contribution in [0.1, 0.15) is 43.9 Å². The summed E-state index contributed by atoms with van der Waals surface area (Å²) in [6.07, 6.45) is 5.31. The monoisotopic (exact) mass is 384 g/mol. The summed E-state index contributed by atoms with van der Waals surface area (Å²) < 4.78 is 27.4. The normalized spacial score (nSPS) is 21.6. The van der Waals surface area contributed by atoms with Crippen LogP contribution in [-0.4, -0.2) is 49.8 Å². The van der Waals surface area contributed by atoms with E-state index in [0.29, 0.717) is 29.8 Å². The molecule has 0 unspecified atom stereocenters. The number of nitrogens with two attached hydrogens (primary N) is 1. The molecule has 3 rings (SSSR count). The predicted molar refractivity (Wildman–Crippen MR) is 102 cm³/mol. The number of likely N-dealkylation sites (tertiary alicyclic amines) is 1. The van der Waals surface area contributed by atoms with Crippen LogP contribution in [-0.2, 0) is 16.6 Å². The number of guanidine groups is 1. The van der Waals surface area contributed by atoms with E-state index in [4.69, 9.17) is 5.73 Å². The molecule has 2 aliphatic rings. The second-order valence-electron chi connectivity index (χ2n) is 7.03. The molecule has 0 atom stereocenters. The van der Waals surface area contributed by atoms with Crippen LogP contribution in [0.3, 0.4) is 0 Å². The number of rotatable bonds is 4. The Morgan fingerprint density at radius 3 is 2.56 bits per heavy atom. The summed E-state index contributed by atoms with van der Waals surface area (Å²) in [6, 6.07) is 3.56. The quantitative estimate of drug-likeness (QED) is 0.639. The van der Waals surface area contributed by atoms with Crippen molar-refractivity contribution in [3.8, 4) is 0 Å². The minimum atomic E-state index is -3.34. The van der Waals surface area contributed by atoms with Crippen LogP contribution < -0.4 is 5.73 Å². The van der Waals surface area contributed by atoms with E-state index in [1.807, 2.05) is 6.07 Å². The van der Waals surface area contributed by atoms with Gasteiger partial charge in [0.25, 0.3) is 10.0 Å². The Morgan fingerprint density at radius 2 is 1.88 bits per heavy atom. The van der Waals surface area contributed by atoms with Gasteiger partial charge >= 0.3 is 0 Å². The molecule has 2 fully saturated rings. The molecule has 2 saturated heterocycles. The zero-order valence-electron chi connectivity index (χ0n) is 14.9. The van der Waals surface area contributed by atoms with Crippen molar-refractivity contribution in [1.29, 1.82) is 0 Å². The van der Waals surface area contributed by atoms with Crippen LogP contribution in [0.4, 0.5) is 0 Å². The van der Waals surface area contributed by atoms with Gasteiger partial charge in [0.05, 0.1) is 6.54 Å². The first kappa shape index (κ1) is 18.7. The minimum Gasteiger partial charge on any atom is -0.370 e. The lowest BCUT2D eigenvalue weighted by Crippen LogP contribution is -2.42. The van der Waals surface area contributed by atoms with E-state index in [9.17, 15) is 8.42 Å². The van der Waals surface area contributed by atoms with Crippen molar-refractivity contribution < 1.29 is 8.42 Å². The highest BCUT2D eigenvalue weighted by molar-refractivity contribution is 7.91. The molecule has 8 heteroatoms. The number of aliphatic imine (C=N–C) groups is 1. The Morgan fingerprint density at radius 1 is 1.20 bits per heavy atom. The number of hydrogen-bond acceptors (Lipinski definition) is 4. The van der Waals surface area contributed by atoms with E-state index >= 15 is 0 Å². The molecule has 140 valence electrons. The molecule has 0 radical (unpaired) electrons. The van der Waals surface area contributed by atoms with Gasteiger partial charge in [0.1, 0.15) is 4.21 Å². The van der Waals surface area contributed by atoms with Gasteiger partial charge in [0, 0.05) is 31.1 Å². The lowest BCUT2D eigenvalue weighted by Gasteiger charge is -2.30. The molecule has 6 nitrogen and oxygen atoms in total. The molecule has 0 saturated carbocycles. The van der Waals surface area contributed by atoms with Gasteiger partial charge in [-0.1, -0.05) is 13.3 Å². The molecular weight excluding hydrogens is 356 g/mol. The van der Waals surface area contributed by atoms with Crippen molar-refractivity contribution in [3.63, 3.8) is 0 Å². The van der Waals surface area contributed by atoms with Gasteiger partial charge in [-0.15, -0.1) is 11.3 Å². The highest BCUT2D eigenvalue weighted by atomic mass is 32.2. The van der Waals surface area contributed by atoms with Crippen LogP contribution in [0, 0.1) is 5.92 Å². The summed E-state index contributed by atoms with van der Waals surface area (Å²) in [5.74, 6) is 1.32. The van der Waals surface area contributed by atoms with Crippen molar-refractivity contribution >= 4 is 27.3 Å². The summed E-state index contributed by atoms with van der Waals surface area (Å²) >= 11 is 1.31. The molecule has 3 heterocycles. The van der Waals surface area contributed by atoms with Gasteiger partial charge in [-0.05, 0) is 43.7 Å². The number of piperidine rings is 2. The maximum absolute atomic E-state index is 12.7. The average molecular weight is 385 g/mol. The van der Waals surface area contributed by atoms with Gasteiger partial charge in [0.2, 0.25) is 0 Å². The Labute approximate surface area is 154 Å². The second kappa shape index (κ2) is 8.05. The van der Waals surface area contributed by atoms with Gasteiger partial charge in [-0.25, -0.2) is 13.4 Å². The fourth-order valence-electron chi connectivity index (χ4n) is 3.31. The summed E-state index contributed by atoms with van der Waals surface area (Å²) in [7, 11) is -3.34. The van der Waals surface area contributed by atoms with E-state index in [0.717, 1.165) is 56.0 Å². The third-order valence-corrected chi connectivity index (χ3v) is 8.49. The van der Waals surface area contributed by atoms with Crippen LogP contribution in [0.25, 0.3) is 0 Å². The van der Waals surface area contributed by atoms with Crippen molar-refractivity contribution in [2.75, 3.05) is 26.2 Å². The number of nitrogens with zero attached hydrogens (tertiary/aromatic N) is 3. The maximum Gasteiger partial charge on any atom is 0.252 e. The number of hydrogen-bond donors (Lipinski definition) is 1. The fourth-order valence-corrected chi connectivity index (χ4v) is 6.26. The van der Waals surface area contributed by atoms with E-state index in [1.54, 1.807) is 10.4 Å². The van der Waals surface area contributed by atoms with E-state index < -0.39 is 10.0 Å². The Bertz CT molecular complexity index is 700. The van der Waals surface area contributed by atoms with E-state index in [-0.39, 0.29) is 0 Å². The number of sulfonamides is 1. The molecule has 0 bridgehead atoms. The van der Waals surface area contributed by atoms with E-state index in [2.05, 4.69) is 16.8 Å². The van der Waals surface area contributed by atoms with Crippen molar-refractivity contribution in [1.82, 2.24) is 9.21 Å². The summed E-state index contributed by atoms with van der Waals surface area (Å²) in [5.41, 5.74) is 6.11. The van der Waals surface area contributed by atoms with Crippen LogP contribution in [0.15, 0.2) is 21.3 Å². The highest BCUT2D eigenvalue weighted by Gasteiger charge is 2.27. The zero-order chi connectivity index (χ0) is 17.9. The lowest BCUT2D eigenvalue weighted by molar-refractivity contribution is 0.277. The van der Waals surface area contributed by atoms with E-state index in [1.165, 1.54) is 11.3 Å². The molecule has 2 aliphatic heterocycles. The Hall–Kier alpha value is -1.12. The molecule has 1 aromatic rings. The summed E-state index contributed by atoms with van der Waals surface area (Å²) in [5, 5.41) is 0. The van der Waals surface area contributed by atoms with Crippen molar-refractivity contribution in [3.05, 3.63) is 17.0 Å². The minimum absolute atomic E-state index is 0.421. The predicted octanol–water partition coefficient (Wildman–Crippen LogP) is 2.47. The average Bonchev–Trinajstić information content (AvgIpc) is 3.11. The van der Waals surface area contributed by atoms with Crippen molar-refractivity contribution in [2.24, 2.45) is 16.6 Å². The largest absolute Gasteiger partial charge is 0.370 e. The van der Waals surface area contributed by atoms with Gasteiger partial charge in [0.15, 0.2) is 5.96 Å². The smallest absolute Gasteiger partial charge is 0.252 e. The third-order valence-electron chi connectivity index (χ3n) is 5.05. The molecule has 0 amide bonds. The lowest BCUT2D eigenvalue weighted by atomic mass is 10.00. The first-order valence-electron chi connectivity index (χ1n) is 9.10. The third kappa shape index (κ3) is 4.54. The first-order chi connectivity index (χ1) is 12.0. The molecule has 0 aromatic carbocycles. The molecule has 25 heavy (non-hydrogen) atoms. The summed E-state index contributed by atoms with van der Waals surface area (Å²) in [6.45, 7) is 5.88. The standard InChI is InChI=1S/C17H28N4O2S2/c1-14-7-11-20(12-8-14)17(18)19-13-15-5-6-16(24-15)25(22,23)21-9-3-2-4-10-21/h5-6,14H,2-4,7-13H2,1H3,(H2,18,19).